The van der Waals surface area contributed by atoms with Crippen LogP contribution in [0.15, 0.2) is 61.1 Å². The van der Waals surface area contributed by atoms with Crippen molar-refractivity contribution in [1.82, 2.24) is 24.7 Å². The highest BCUT2D eigenvalue weighted by Crippen LogP contribution is 2.36. The minimum Gasteiger partial charge on any atom is -0.444 e. The molecule has 0 spiro atoms. The van der Waals surface area contributed by atoms with E-state index in [9.17, 15) is 9.18 Å². The molecule has 1 unspecified atom stereocenters. The molecule has 9 nitrogen and oxygen atoms in total. The fraction of sp³-hybridized carbons (Fsp3) is 0.312. The van der Waals surface area contributed by atoms with Gasteiger partial charge in [0.1, 0.15) is 17.1 Å². The molecule has 1 saturated heterocycles. The van der Waals surface area contributed by atoms with Gasteiger partial charge in [-0.05, 0) is 82.3 Å². The van der Waals surface area contributed by atoms with Crippen molar-refractivity contribution in [3.8, 4) is 33.9 Å². The van der Waals surface area contributed by atoms with Gasteiger partial charge in [0, 0.05) is 35.5 Å². The first kappa shape index (κ1) is 27.6. The van der Waals surface area contributed by atoms with Gasteiger partial charge in [-0.3, -0.25) is 10.3 Å². The first-order valence-electron chi connectivity index (χ1n) is 14.1. The quantitative estimate of drug-likeness (QED) is 0.226. The second kappa shape index (κ2) is 11.0. The zero-order valence-electron chi connectivity index (χ0n) is 24.1. The van der Waals surface area contributed by atoms with Gasteiger partial charge in [0.2, 0.25) is 0 Å². The van der Waals surface area contributed by atoms with Crippen molar-refractivity contribution < 1.29 is 18.7 Å². The number of aromatic amines is 1. The number of carbonyl (C=O) groups is 1. The molecule has 3 aromatic heterocycles. The number of ether oxygens (including phenoxy) is 2. The lowest BCUT2D eigenvalue weighted by atomic mass is 9.99. The van der Waals surface area contributed by atoms with Gasteiger partial charge in [-0.1, -0.05) is 18.2 Å². The maximum Gasteiger partial charge on any atom is 0.412 e. The Hall–Kier alpha value is -4.57. The first-order valence-corrected chi connectivity index (χ1v) is 14.1. The molecule has 1 fully saturated rings. The van der Waals surface area contributed by atoms with Crippen LogP contribution in [0.3, 0.4) is 0 Å². The van der Waals surface area contributed by atoms with Gasteiger partial charge in [0.25, 0.3) is 0 Å². The molecule has 6 rings (SSSR count). The third-order valence-corrected chi connectivity index (χ3v) is 7.22. The molecule has 0 saturated carbocycles. The lowest BCUT2D eigenvalue weighted by Crippen LogP contribution is -2.27. The number of H-pyrrole nitrogens is 1. The number of carbonyl (C=O) groups excluding carboxylic acids is 1. The van der Waals surface area contributed by atoms with E-state index >= 15 is 0 Å². The summed E-state index contributed by atoms with van der Waals surface area (Å²) in [6, 6.07) is 12.5. The topological polar surface area (TPSA) is 107 Å². The van der Waals surface area contributed by atoms with E-state index in [1.54, 1.807) is 24.7 Å². The second-order valence-electron chi connectivity index (χ2n) is 11.5. The minimum absolute atomic E-state index is 0.178. The summed E-state index contributed by atoms with van der Waals surface area (Å²) in [6.07, 6.45) is 7.39. The van der Waals surface area contributed by atoms with Gasteiger partial charge in [-0.25, -0.2) is 18.9 Å². The zero-order valence-corrected chi connectivity index (χ0v) is 24.1. The SMILES string of the molecule is Cc1c(NC(=O)OC(C)(C)C)cncc1-c1ccc2c(c1)c(-c1nc(-c3cccc(F)c3)c[nH]1)nn2C1CCCCO1. The number of anilines is 1. The van der Waals surface area contributed by atoms with Crippen LogP contribution < -0.4 is 5.32 Å². The normalized spacial score (nSPS) is 15.6. The van der Waals surface area contributed by atoms with Gasteiger partial charge in [-0.2, -0.15) is 5.10 Å². The third kappa shape index (κ3) is 5.62. The average molecular weight is 569 g/mol. The third-order valence-electron chi connectivity index (χ3n) is 7.22. The zero-order chi connectivity index (χ0) is 29.4. The van der Waals surface area contributed by atoms with Crippen LogP contribution >= 0.6 is 0 Å². The molecule has 1 amide bonds. The first-order chi connectivity index (χ1) is 20.2. The van der Waals surface area contributed by atoms with Crippen molar-refractivity contribution in [2.75, 3.05) is 11.9 Å². The molecule has 1 aliphatic rings. The molecule has 42 heavy (non-hydrogen) atoms. The molecule has 0 aliphatic carbocycles. The Morgan fingerprint density at radius 3 is 2.76 bits per heavy atom. The Balaban J connectivity index is 1.43. The molecule has 1 aliphatic heterocycles. The predicted molar refractivity (Wildman–Crippen MR) is 159 cm³/mol. The number of rotatable bonds is 5. The number of nitrogens with zero attached hydrogens (tertiary/aromatic N) is 4. The number of halogens is 1. The number of nitrogens with one attached hydrogen (secondary N) is 2. The van der Waals surface area contributed by atoms with E-state index in [4.69, 9.17) is 19.6 Å². The van der Waals surface area contributed by atoms with Crippen LogP contribution in [0.4, 0.5) is 14.9 Å². The van der Waals surface area contributed by atoms with E-state index in [1.807, 2.05) is 50.6 Å². The van der Waals surface area contributed by atoms with Crippen molar-refractivity contribution >= 4 is 22.7 Å². The standard InChI is InChI=1S/C32H33FN6O3/c1-19-24(16-34-17-25(19)37-31(40)42-32(2,3)4)20-11-12-27-23(15-20)29(38-39(27)28-10-5-6-13-41-28)30-35-18-26(36-30)21-8-7-9-22(33)14-21/h7-9,11-12,14-18,28H,5-6,10,13H2,1-4H3,(H,35,36)(H,37,40). The smallest absolute Gasteiger partial charge is 0.412 e. The summed E-state index contributed by atoms with van der Waals surface area (Å²) >= 11 is 0. The van der Waals surface area contributed by atoms with Crippen LogP contribution in [0.1, 0.15) is 51.8 Å². The fourth-order valence-corrected chi connectivity index (χ4v) is 5.21. The maximum absolute atomic E-state index is 13.9. The van der Waals surface area contributed by atoms with E-state index in [1.165, 1.54) is 12.1 Å². The van der Waals surface area contributed by atoms with Gasteiger partial charge in [-0.15, -0.1) is 0 Å². The number of benzene rings is 2. The van der Waals surface area contributed by atoms with Gasteiger partial charge < -0.3 is 14.5 Å². The summed E-state index contributed by atoms with van der Waals surface area (Å²) in [4.78, 5) is 24.9. The van der Waals surface area contributed by atoms with Crippen molar-refractivity contribution in [3.05, 3.63) is 72.4 Å². The fourth-order valence-electron chi connectivity index (χ4n) is 5.21. The minimum atomic E-state index is -0.618. The summed E-state index contributed by atoms with van der Waals surface area (Å²) in [6.45, 7) is 8.08. The Morgan fingerprint density at radius 1 is 1.14 bits per heavy atom. The Labute approximate surface area is 243 Å². The number of hydrogen-bond donors (Lipinski definition) is 2. The summed E-state index contributed by atoms with van der Waals surface area (Å²) in [7, 11) is 0. The number of amides is 1. The number of hydrogen-bond acceptors (Lipinski definition) is 6. The lowest BCUT2D eigenvalue weighted by molar-refractivity contribution is -0.0365. The average Bonchev–Trinajstić information content (AvgIpc) is 3.59. The summed E-state index contributed by atoms with van der Waals surface area (Å²) in [5, 5.41) is 8.69. The van der Waals surface area contributed by atoms with Gasteiger partial charge in [0.05, 0.1) is 23.1 Å². The molecule has 0 bridgehead atoms. The highest BCUT2D eigenvalue weighted by molar-refractivity contribution is 5.96. The molecule has 5 aromatic rings. The lowest BCUT2D eigenvalue weighted by Gasteiger charge is -2.23. The van der Waals surface area contributed by atoms with Crippen LogP contribution in [-0.2, 0) is 9.47 Å². The van der Waals surface area contributed by atoms with Crippen LogP contribution in [0, 0.1) is 12.7 Å². The summed E-state index contributed by atoms with van der Waals surface area (Å²) in [5.41, 5.74) is 5.44. The van der Waals surface area contributed by atoms with E-state index in [0.29, 0.717) is 35.1 Å². The molecule has 2 N–H and O–H groups in total. The Kier molecular flexibility index (Phi) is 7.24. The Bertz CT molecular complexity index is 1760. The molecular formula is C32H33FN6O3. The Morgan fingerprint density at radius 2 is 2.00 bits per heavy atom. The van der Waals surface area contributed by atoms with Crippen LogP contribution in [-0.4, -0.2) is 43.0 Å². The molecule has 1 atom stereocenters. The van der Waals surface area contributed by atoms with Crippen molar-refractivity contribution in [1.29, 1.82) is 0 Å². The predicted octanol–water partition coefficient (Wildman–Crippen LogP) is 7.65. The number of imidazole rings is 1. The number of fused-ring (bicyclic) bond motifs is 1. The molecule has 2 aromatic carbocycles. The molecule has 10 heteroatoms. The summed E-state index contributed by atoms with van der Waals surface area (Å²) in [5.74, 6) is 0.249. The highest BCUT2D eigenvalue weighted by Gasteiger charge is 2.24. The van der Waals surface area contributed by atoms with E-state index in [-0.39, 0.29) is 12.0 Å². The molecule has 4 heterocycles. The van der Waals surface area contributed by atoms with Gasteiger partial charge in [0.15, 0.2) is 12.1 Å². The largest absolute Gasteiger partial charge is 0.444 e. The second-order valence-corrected chi connectivity index (χ2v) is 11.5. The molecule has 0 radical (unpaired) electrons. The number of aromatic nitrogens is 5. The van der Waals surface area contributed by atoms with Crippen LogP contribution in [0.2, 0.25) is 0 Å². The van der Waals surface area contributed by atoms with E-state index < -0.39 is 11.7 Å². The van der Waals surface area contributed by atoms with Crippen molar-refractivity contribution in [3.63, 3.8) is 0 Å². The van der Waals surface area contributed by atoms with Crippen LogP contribution in [0.5, 0.6) is 0 Å². The van der Waals surface area contributed by atoms with E-state index in [0.717, 1.165) is 46.9 Å². The van der Waals surface area contributed by atoms with Gasteiger partial charge >= 0.3 is 6.09 Å². The number of pyridine rings is 1. The molecular weight excluding hydrogens is 535 g/mol. The van der Waals surface area contributed by atoms with Crippen molar-refractivity contribution in [2.45, 2.75) is 58.8 Å². The monoisotopic (exact) mass is 568 g/mol. The van der Waals surface area contributed by atoms with Crippen LogP contribution in [0.25, 0.3) is 44.8 Å². The highest BCUT2D eigenvalue weighted by atomic mass is 19.1. The maximum atomic E-state index is 13.9. The van der Waals surface area contributed by atoms with E-state index in [2.05, 4.69) is 21.4 Å². The van der Waals surface area contributed by atoms with Crippen molar-refractivity contribution in [2.24, 2.45) is 0 Å². The summed E-state index contributed by atoms with van der Waals surface area (Å²) < 4.78 is 27.4. The molecule has 216 valence electrons.